The van der Waals surface area contributed by atoms with Crippen molar-refractivity contribution in [3.63, 3.8) is 0 Å². The third kappa shape index (κ3) is 5.50. The standard InChI is InChI=1S/C12H25NO2/c1-3-13-11-12(5-6-12)7-10-15-9-4-8-14-2/h13H,3-11H2,1-2H3. The van der Waals surface area contributed by atoms with E-state index in [9.17, 15) is 0 Å². The van der Waals surface area contributed by atoms with E-state index in [-0.39, 0.29) is 0 Å². The number of nitrogens with one attached hydrogen (secondary N) is 1. The first-order chi connectivity index (χ1) is 7.33. The van der Waals surface area contributed by atoms with Gasteiger partial charge in [-0.2, -0.15) is 0 Å². The van der Waals surface area contributed by atoms with Crippen molar-refractivity contribution in [3.8, 4) is 0 Å². The van der Waals surface area contributed by atoms with Gasteiger partial charge in [-0.3, -0.25) is 0 Å². The van der Waals surface area contributed by atoms with Gasteiger partial charge < -0.3 is 14.8 Å². The molecule has 1 N–H and O–H groups in total. The summed E-state index contributed by atoms with van der Waals surface area (Å²) in [5.74, 6) is 0. The highest BCUT2D eigenvalue weighted by Crippen LogP contribution is 2.48. The van der Waals surface area contributed by atoms with E-state index in [4.69, 9.17) is 9.47 Å². The number of rotatable bonds is 10. The lowest BCUT2D eigenvalue weighted by Crippen LogP contribution is -2.24. The van der Waals surface area contributed by atoms with E-state index in [1.807, 2.05) is 0 Å². The van der Waals surface area contributed by atoms with Crippen molar-refractivity contribution in [2.45, 2.75) is 32.6 Å². The molecule has 0 bridgehead atoms. The minimum atomic E-state index is 0.581. The summed E-state index contributed by atoms with van der Waals surface area (Å²) in [5.41, 5.74) is 0.581. The summed E-state index contributed by atoms with van der Waals surface area (Å²) in [6.07, 6.45) is 4.98. The number of methoxy groups -OCH3 is 1. The summed E-state index contributed by atoms with van der Waals surface area (Å²) in [6.45, 7) is 6.97. The second-order valence-corrected chi connectivity index (χ2v) is 4.49. The zero-order valence-electron chi connectivity index (χ0n) is 10.2. The van der Waals surface area contributed by atoms with E-state index < -0.39 is 0 Å². The molecular weight excluding hydrogens is 190 g/mol. The first kappa shape index (κ1) is 12.9. The highest BCUT2D eigenvalue weighted by Gasteiger charge is 2.41. The van der Waals surface area contributed by atoms with Gasteiger partial charge in [0.15, 0.2) is 0 Å². The first-order valence-corrected chi connectivity index (χ1v) is 6.10. The van der Waals surface area contributed by atoms with Crippen LogP contribution in [0.25, 0.3) is 0 Å². The monoisotopic (exact) mass is 215 g/mol. The predicted molar refractivity (Wildman–Crippen MR) is 62.1 cm³/mol. The third-order valence-corrected chi connectivity index (χ3v) is 3.12. The van der Waals surface area contributed by atoms with Gasteiger partial charge in [0.2, 0.25) is 0 Å². The highest BCUT2D eigenvalue weighted by atomic mass is 16.5. The van der Waals surface area contributed by atoms with Gasteiger partial charge >= 0.3 is 0 Å². The minimum absolute atomic E-state index is 0.581. The lowest BCUT2D eigenvalue weighted by Gasteiger charge is -2.15. The van der Waals surface area contributed by atoms with Gasteiger partial charge in [-0.1, -0.05) is 6.92 Å². The van der Waals surface area contributed by atoms with Crippen LogP contribution in [-0.2, 0) is 9.47 Å². The van der Waals surface area contributed by atoms with E-state index in [1.165, 1.54) is 25.8 Å². The van der Waals surface area contributed by atoms with Gasteiger partial charge in [0.25, 0.3) is 0 Å². The van der Waals surface area contributed by atoms with Crippen molar-refractivity contribution < 1.29 is 9.47 Å². The average Bonchev–Trinajstić information content (AvgIpc) is 3.01. The molecule has 0 aliphatic heterocycles. The van der Waals surface area contributed by atoms with Crippen LogP contribution < -0.4 is 5.32 Å². The summed E-state index contributed by atoms with van der Waals surface area (Å²) in [6, 6.07) is 0. The second-order valence-electron chi connectivity index (χ2n) is 4.49. The van der Waals surface area contributed by atoms with Crippen molar-refractivity contribution >= 4 is 0 Å². The highest BCUT2D eigenvalue weighted by molar-refractivity contribution is 4.94. The van der Waals surface area contributed by atoms with Crippen LogP contribution in [0.15, 0.2) is 0 Å². The Hall–Kier alpha value is -0.120. The van der Waals surface area contributed by atoms with E-state index in [0.29, 0.717) is 5.41 Å². The molecule has 1 rings (SSSR count). The normalized spacial score (nSPS) is 18.0. The van der Waals surface area contributed by atoms with Gasteiger partial charge in [-0.05, 0) is 37.6 Å². The molecule has 0 atom stereocenters. The Morgan fingerprint density at radius 3 is 2.60 bits per heavy atom. The molecule has 0 unspecified atom stereocenters. The SMILES string of the molecule is CCNCC1(CCOCCCOC)CC1. The lowest BCUT2D eigenvalue weighted by molar-refractivity contribution is 0.0913. The number of ether oxygens (including phenoxy) is 2. The summed E-state index contributed by atoms with van der Waals surface area (Å²) in [5, 5.41) is 3.44. The Morgan fingerprint density at radius 2 is 2.00 bits per heavy atom. The largest absolute Gasteiger partial charge is 0.385 e. The maximum atomic E-state index is 5.58. The summed E-state index contributed by atoms with van der Waals surface area (Å²) >= 11 is 0. The smallest absolute Gasteiger partial charge is 0.0487 e. The molecule has 3 heteroatoms. The van der Waals surface area contributed by atoms with Crippen LogP contribution in [0.5, 0.6) is 0 Å². The van der Waals surface area contributed by atoms with Crippen LogP contribution >= 0.6 is 0 Å². The van der Waals surface area contributed by atoms with Crippen LogP contribution in [0.1, 0.15) is 32.6 Å². The van der Waals surface area contributed by atoms with Crippen molar-refractivity contribution in [1.29, 1.82) is 0 Å². The van der Waals surface area contributed by atoms with Crippen LogP contribution in [0.4, 0.5) is 0 Å². The van der Waals surface area contributed by atoms with Crippen LogP contribution in [-0.4, -0.2) is 40.0 Å². The predicted octanol–water partition coefficient (Wildman–Crippen LogP) is 1.82. The Kier molecular flexibility index (Phi) is 6.22. The molecular formula is C12H25NO2. The average molecular weight is 215 g/mol. The Labute approximate surface area is 93.5 Å². The summed E-state index contributed by atoms with van der Waals surface area (Å²) < 4.78 is 10.5. The maximum Gasteiger partial charge on any atom is 0.0487 e. The van der Waals surface area contributed by atoms with E-state index >= 15 is 0 Å². The van der Waals surface area contributed by atoms with Crippen LogP contribution in [0, 0.1) is 5.41 Å². The van der Waals surface area contributed by atoms with E-state index in [1.54, 1.807) is 7.11 Å². The van der Waals surface area contributed by atoms with Crippen LogP contribution in [0.3, 0.4) is 0 Å². The molecule has 0 radical (unpaired) electrons. The number of hydrogen-bond acceptors (Lipinski definition) is 3. The molecule has 0 aromatic heterocycles. The molecule has 0 aromatic rings. The third-order valence-electron chi connectivity index (χ3n) is 3.12. The first-order valence-electron chi connectivity index (χ1n) is 6.10. The van der Waals surface area contributed by atoms with E-state index in [0.717, 1.165) is 32.8 Å². The molecule has 0 spiro atoms. The molecule has 90 valence electrons. The summed E-state index contributed by atoms with van der Waals surface area (Å²) in [7, 11) is 1.73. The van der Waals surface area contributed by atoms with Gasteiger partial charge in [0, 0.05) is 33.5 Å². The van der Waals surface area contributed by atoms with Gasteiger partial charge in [-0.25, -0.2) is 0 Å². The Morgan fingerprint density at radius 1 is 1.20 bits per heavy atom. The zero-order chi connectivity index (χ0) is 11.0. The molecule has 1 aliphatic carbocycles. The summed E-state index contributed by atoms with van der Waals surface area (Å²) in [4.78, 5) is 0. The Bertz CT molecular complexity index is 158. The van der Waals surface area contributed by atoms with Gasteiger partial charge in [0.05, 0.1) is 0 Å². The van der Waals surface area contributed by atoms with Crippen molar-refractivity contribution in [1.82, 2.24) is 5.32 Å². The van der Waals surface area contributed by atoms with Crippen LogP contribution in [0.2, 0.25) is 0 Å². The molecule has 0 saturated heterocycles. The van der Waals surface area contributed by atoms with E-state index in [2.05, 4.69) is 12.2 Å². The zero-order valence-corrected chi connectivity index (χ0v) is 10.2. The molecule has 1 aliphatic rings. The molecule has 1 fully saturated rings. The lowest BCUT2D eigenvalue weighted by atomic mass is 10.0. The molecule has 0 heterocycles. The van der Waals surface area contributed by atoms with Gasteiger partial charge in [-0.15, -0.1) is 0 Å². The van der Waals surface area contributed by atoms with Gasteiger partial charge in [0.1, 0.15) is 0 Å². The fourth-order valence-corrected chi connectivity index (χ4v) is 1.78. The molecule has 0 amide bonds. The van der Waals surface area contributed by atoms with Crippen molar-refractivity contribution in [2.24, 2.45) is 5.41 Å². The molecule has 3 nitrogen and oxygen atoms in total. The Balaban J connectivity index is 1.90. The quantitative estimate of drug-likeness (QED) is 0.564. The maximum absolute atomic E-state index is 5.58. The minimum Gasteiger partial charge on any atom is -0.385 e. The topological polar surface area (TPSA) is 30.5 Å². The van der Waals surface area contributed by atoms with Crippen molar-refractivity contribution in [2.75, 3.05) is 40.0 Å². The molecule has 15 heavy (non-hydrogen) atoms. The van der Waals surface area contributed by atoms with Crippen molar-refractivity contribution in [3.05, 3.63) is 0 Å². The molecule has 0 aromatic carbocycles. The fraction of sp³-hybridized carbons (Fsp3) is 1.00. The fourth-order valence-electron chi connectivity index (χ4n) is 1.78. The number of hydrogen-bond donors (Lipinski definition) is 1. The second kappa shape index (κ2) is 7.20. The molecule has 1 saturated carbocycles.